The summed E-state index contributed by atoms with van der Waals surface area (Å²) in [6, 6.07) is 0. The van der Waals surface area contributed by atoms with E-state index in [1.165, 1.54) is 0 Å². The van der Waals surface area contributed by atoms with Gasteiger partial charge in [0.25, 0.3) is 11.8 Å². The maximum absolute atomic E-state index is 13.6. The average Bonchev–Trinajstić information content (AvgIpc) is 2.95. The molecule has 34 heavy (non-hydrogen) atoms. The van der Waals surface area contributed by atoms with E-state index in [0.29, 0.717) is 11.5 Å². The van der Waals surface area contributed by atoms with Gasteiger partial charge in [0.15, 0.2) is 0 Å². The molecule has 0 aromatic rings. The van der Waals surface area contributed by atoms with Crippen LogP contribution in [-0.4, -0.2) is 50.0 Å². The number of nitrogens with zero attached hydrogens (tertiary/aromatic N) is 1. The highest BCUT2D eigenvalue weighted by atomic mass is 127. The molecule has 1 fully saturated rings. The Hall–Kier alpha value is -1.23. The number of ether oxygens (including phenoxy) is 2. The Balaban J connectivity index is 3.08. The zero-order chi connectivity index (χ0) is 26.9. The van der Waals surface area contributed by atoms with Crippen molar-refractivity contribution in [2.45, 2.75) is 110 Å². The number of esters is 1. The fourth-order valence-corrected chi connectivity index (χ4v) is 3.93. The van der Waals surface area contributed by atoms with Crippen LogP contribution in [0.3, 0.4) is 0 Å². The topological polar surface area (TPSA) is 99.2 Å². The summed E-state index contributed by atoms with van der Waals surface area (Å²) in [5.41, 5.74) is -2.90. The minimum absolute atomic E-state index is 0.0333. The fourth-order valence-electron chi connectivity index (χ4n) is 3.52. The van der Waals surface area contributed by atoms with E-state index in [9.17, 15) is 19.2 Å². The second-order valence-corrected chi connectivity index (χ2v) is 14.9. The molecule has 0 aliphatic carbocycles. The number of hydrogen-bond donors (Lipinski definition) is 0. The number of imide groups is 1. The Morgan fingerprint density at radius 1 is 0.941 bits per heavy atom. The van der Waals surface area contributed by atoms with Crippen molar-refractivity contribution in [1.82, 2.24) is 5.06 Å². The van der Waals surface area contributed by atoms with Gasteiger partial charge in [-0.1, -0.05) is 43.4 Å². The summed E-state index contributed by atoms with van der Waals surface area (Å²) in [6.45, 7) is 20.9. The molecule has 0 N–H and O–H groups in total. The first-order chi connectivity index (χ1) is 15.0. The first-order valence-electron chi connectivity index (χ1n) is 11.7. The van der Waals surface area contributed by atoms with E-state index in [0.717, 1.165) is 0 Å². The van der Waals surface area contributed by atoms with Gasteiger partial charge >= 0.3 is 11.9 Å². The van der Waals surface area contributed by atoms with E-state index >= 15 is 0 Å². The highest BCUT2D eigenvalue weighted by Crippen LogP contribution is 2.50. The molecule has 1 heterocycles. The smallest absolute Gasteiger partial charge is 0.336 e. The van der Waals surface area contributed by atoms with Crippen molar-refractivity contribution in [3.8, 4) is 0 Å². The molecule has 2 unspecified atom stereocenters. The second-order valence-electron chi connectivity index (χ2n) is 12.2. The van der Waals surface area contributed by atoms with Gasteiger partial charge in [-0.25, -0.2) is 4.79 Å². The molecule has 1 aliphatic rings. The van der Waals surface area contributed by atoms with E-state index < -0.39 is 43.6 Å². The minimum Gasteiger partial charge on any atom is -0.457 e. The first-order valence-corrected chi connectivity index (χ1v) is 12.7. The number of alkyl halides is 1. The molecule has 0 radical (unpaired) electrons. The summed E-state index contributed by atoms with van der Waals surface area (Å²) in [6.07, 6.45) is 0.375. The third-order valence-electron chi connectivity index (χ3n) is 6.51. The fraction of sp³-hybridized carbons (Fsp3) is 0.840. The lowest BCUT2D eigenvalue weighted by atomic mass is 9.64. The largest absolute Gasteiger partial charge is 0.457 e. The molecular weight excluding hydrogens is 553 g/mol. The lowest BCUT2D eigenvalue weighted by Gasteiger charge is -2.46. The lowest BCUT2D eigenvalue weighted by Crippen LogP contribution is -2.51. The van der Waals surface area contributed by atoms with E-state index in [-0.39, 0.29) is 31.0 Å². The van der Waals surface area contributed by atoms with E-state index in [2.05, 4.69) is 22.6 Å². The van der Waals surface area contributed by atoms with Crippen LogP contribution in [0.4, 0.5) is 0 Å². The summed E-state index contributed by atoms with van der Waals surface area (Å²) in [4.78, 5) is 55.3. The SMILES string of the molecule is CC(C(=O)ON1C(=O)CCC1=O)C(C)(C)CC(C)(C(=O)OC(C)(C)COC(C)(C)C)C(C)(C)I. The number of carbonyl (C=O) groups excluding carboxylic acids is 4. The van der Waals surface area contributed by atoms with E-state index in [4.69, 9.17) is 14.3 Å². The van der Waals surface area contributed by atoms with Gasteiger partial charge in [0, 0.05) is 16.3 Å². The second kappa shape index (κ2) is 10.4. The molecule has 2 atom stereocenters. The molecule has 0 spiro atoms. The van der Waals surface area contributed by atoms with Gasteiger partial charge in [0.1, 0.15) is 5.60 Å². The van der Waals surface area contributed by atoms with Crippen molar-refractivity contribution in [2.75, 3.05) is 6.61 Å². The van der Waals surface area contributed by atoms with Gasteiger partial charge in [-0.3, -0.25) is 14.4 Å². The summed E-state index contributed by atoms with van der Waals surface area (Å²) >= 11 is 2.24. The Kier molecular flexibility index (Phi) is 9.42. The highest BCUT2D eigenvalue weighted by molar-refractivity contribution is 14.1. The predicted octanol–water partition coefficient (Wildman–Crippen LogP) is 5.00. The molecule has 0 aromatic carbocycles. The van der Waals surface area contributed by atoms with Gasteiger partial charge in [0.05, 0.1) is 23.5 Å². The summed E-state index contributed by atoms with van der Waals surface area (Å²) in [5, 5.41) is 0.558. The normalized spacial score (nSPS) is 18.5. The van der Waals surface area contributed by atoms with E-state index in [1.54, 1.807) is 6.92 Å². The molecule has 0 aromatic heterocycles. The van der Waals surface area contributed by atoms with Crippen LogP contribution in [0.5, 0.6) is 0 Å². The maximum atomic E-state index is 13.6. The van der Waals surface area contributed by atoms with Gasteiger partial charge in [-0.15, -0.1) is 5.06 Å². The Labute approximate surface area is 217 Å². The standard InChI is InChI=1S/C25H42INO7/c1-16(19(30)34-27-17(28)12-13-18(27)29)22(5,6)14-25(11,24(9,10)26)20(31)33-23(7,8)15-32-21(2,3)4/h16H,12-15H2,1-11H3. The van der Waals surface area contributed by atoms with Gasteiger partial charge < -0.3 is 14.3 Å². The lowest BCUT2D eigenvalue weighted by molar-refractivity contribution is -0.203. The molecule has 1 saturated heterocycles. The quantitative estimate of drug-likeness (QED) is 0.152. The zero-order valence-corrected chi connectivity index (χ0v) is 24.7. The molecule has 9 heteroatoms. The molecule has 1 rings (SSSR count). The summed E-state index contributed by atoms with van der Waals surface area (Å²) in [7, 11) is 0. The number of carbonyl (C=O) groups is 4. The van der Waals surface area contributed by atoms with Crippen LogP contribution in [-0.2, 0) is 33.5 Å². The highest BCUT2D eigenvalue weighted by Gasteiger charge is 2.53. The van der Waals surface area contributed by atoms with E-state index in [1.807, 2.05) is 69.2 Å². The molecule has 1 aliphatic heterocycles. The van der Waals surface area contributed by atoms with Crippen LogP contribution in [0.1, 0.15) is 95.4 Å². The number of rotatable bonds is 10. The minimum atomic E-state index is -0.968. The molecule has 2 amide bonds. The first kappa shape index (κ1) is 30.8. The van der Waals surface area contributed by atoms with Crippen LogP contribution >= 0.6 is 22.6 Å². The Morgan fingerprint density at radius 3 is 1.82 bits per heavy atom. The molecule has 0 bridgehead atoms. The third-order valence-corrected chi connectivity index (χ3v) is 7.70. The van der Waals surface area contributed by atoms with Crippen molar-refractivity contribution in [2.24, 2.45) is 16.7 Å². The molecule has 0 saturated carbocycles. The Morgan fingerprint density at radius 2 is 1.41 bits per heavy atom. The monoisotopic (exact) mass is 595 g/mol. The molecule has 8 nitrogen and oxygen atoms in total. The average molecular weight is 596 g/mol. The Bertz CT molecular complexity index is 791. The van der Waals surface area contributed by atoms with Gasteiger partial charge in [-0.05, 0) is 67.2 Å². The van der Waals surface area contributed by atoms with Crippen LogP contribution in [0, 0.1) is 16.7 Å². The van der Waals surface area contributed by atoms with Crippen LogP contribution < -0.4 is 0 Å². The summed E-state index contributed by atoms with van der Waals surface area (Å²) in [5.74, 6) is -2.81. The zero-order valence-electron chi connectivity index (χ0n) is 22.6. The maximum Gasteiger partial charge on any atom is 0.336 e. The van der Waals surface area contributed by atoms with Crippen molar-refractivity contribution < 1.29 is 33.5 Å². The van der Waals surface area contributed by atoms with Crippen molar-refractivity contribution in [3.63, 3.8) is 0 Å². The number of halogens is 1. The number of hydroxylamine groups is 2. The van der Waals surface area contributed by atoms with Gasteiger partial charge in [-0.2, -0.15) is 0 Å². The van der Waals surface area contributed by atoms with Crippen LogP contribution in [0.25, 0.3) is 0 Å². The predicted molar refractivity (Wildman–Crippen MR) is 137 cm³/mol. The third kappa shape index (κ3) is 7.90. The van der Waals surface area contributed by atoms with Crippen molar-refractivity contribution in [3.05, 3.63) is 0 Å². The van der Waals surface area contributed by atoms with Crippen LogP contribution in [0.2, 0.25) is 0 Å². The van der Waals surface area contributed by atoms with Crippen molar-refractivity contribution in [1.29, 1.82) is 0 Å². The summed E-state index contributed by atoms with van der Waals surface area (Å²) < 4.78 is 11.3. The molecular formula is C25H42INO7. The van der Waals surface area contributed by atoms with Gasteiger partial charge in [0.2, 0.25) is 0 Å². The number of hydrogen-bond acceptors (Lipinski definition) is 7. The number of amides is 2. The molecule has 196 valence electrons. The van der Waals surface area contributed by atoms with Crippen LogP contribution in [0.15, 0.2) is 0 Å². The van der Waals surface area contributed by atoms with Crippen molar-refractivity contribution >= 4 is 46.3 Å².